The number of nitrogen functional groups attached to an aromatic ring is 1. The first kappa shape index (κ1) is 12.5. The Hall–Kier alpha value is -1.48. The van der Waals surface area contributed by atoms with Crippen molar-refractivity contribution in [2.75, 3.05) is 5.73 Å². The van der Waals surface area contributed by atoms with Crippen LogP contribution in [0.25, 0.3) is 11.1 Å². The van der Waals surface area contributed by atoms with Gasteiger partial charge in [-0.25, -0.2) is 4.98 Å². The van der Waals surface area contributed by atoms with Gasteiger partial charge in [0, 0.05) is 22.7 Å². The van der Waals surface area contributed by atoms with E-state index in [1.807, 2.05) is 36.2 Å². The van der Waals surface area contributed by atoms with Crippen molar-refractivity contribution in [1.29, 1.82) is 0 Å². The second-order valence-corrected chi connectivity index (χ2v) is 6.29. The molecule has 3 heteroatoms. The van der Waals surface area contributed by atoms with E-state index in [1.54, 1.807) is 0 Å². The molecule has 2 nitrogen and oxygen atoms in total. The van der Waals surface area contributed by atoms with Crippen molar-refractivity contribution < 1.29 is 0 Å². The molecule has 98 valence electrons. The third-order valence-electron chi connectivity index (χ3n) is 3.57. The van der Waals surface area contributed by atoms with Crippen molar-refractivity contribution in [2.24, 2.45) is 0 Å². The van der Waals surface area contributed by atoms with Crippen molar-refractivity contribution >= 4 is 17.4 Å². The highest BCUT2D eigenvalue weighted by atomic mass is 32.2. The zero-order valence-electron chi connectivity index (χ0n) is 10.9. The number of nitrogens with zero attached hydrogens (tertiary/aromatic N) is 1. The lowest BCUT2D eigenvalue weighted by Crippen LogP contribution is -1.96. The number of hydrogen-bond donors (Lipinski definition) is 1. The lowest BCUT2D eigenvalue weighted by molar-refractivity contribution is 0.886. The third-order valence-corrected chi connectivity index (χ3v) is 4.93. The molecule has 2 N–H and O–H groups in total. The lowest BCUT2D eigenvalue weighted by Gasteiger charge is -2.12. The Kier molecular flexibility index (Phi) is 3.74. The van der Waals surface area contributed by atoms with Crippen LogP contribution in [-0.2, 0) is 0 Å². The predicted molar refractivity (Wildman–Crippen MR) is 82.2 cm³/mol. The highest BCUT2D eigenvalue weighted by Gasteiger charge is 2.18. The fraction of sp³-hybridized carbons (Fsp3) is 0.312. The normalized spacial score (nSPS) is 15.8. The summed E-state index contributed by atoms with van der Waals surface area (Å²) < 4.78 is 0. The molecule has 0 saturated heterocycles. The molecule has 0 aliphatic heterocycles. The number of rotatable bonds is 3. The first-order valence-corrected chi connectivity index (χ1v) is 7.68. The van der Waals surface area contributed by atoms with Crippen molar-refractivity contribution in [2.45, 2.75) is 36.0 Å². The standard InChI is InChI=1S/C16H18N2S/c17-13-9-7-12(8-10-13)15-6-3-11-18-16(15)19-14-4-1-2-5-14/h3,6-11,14H,1-2,4-5,17H2. The smallest absolute Gasteiger partial charge is 0.104 e. The second-order valence-electron chi connectivity index (χ2n) is 5.00. The minimum absolute atomic E-state index is 0.738. The van der Waals surface area contributed by atoms with Gasteiger partial charge in [-0.2, -0.15) is 0 Å². The van der Waals surface area contributed by atoms with E-state index in [4.69, 9.17) is 5.73 Å². The average Bonchev–Trinajstić information content (AvgIpc) is 2.93. The monoisotopic (exact) mass is 270 g/mol. The molecule has 0 amide bonds. The number of pyridine rings is 1. The Morgan fingerprint density at radius 2 is 1.79 bits per heavy atom. The highest BCUT2D eigenvalue weighted by molar-refractivity contribution is 8.00. The third kappa shape index (κ3) is 2.92. The van der Waals surface area contributed by atoms with Gasteiger partial charge < -0.3 is 5.73 Å². The SMILES string of the molecule is Nc1ccc(-c2cccnc2SC2CCCC2)cc1. The van der Waals surface area contributed by atoms with Crippen LogP contribution in [0.2, 0.25) is 0 Å². The molecule has 0 unspecified atom stereocenters. The first-order chi connectivity index (χ1) is 9.33. The van der Waals surface area contributed by atoms with Crippen molar-refractivity contribution in [3.05, 3.63) is 42.6 Å². The number of benzene rings is 1. The minimum Gasteiger partial charge on any atom is -0.399 e. The van der Waals surface area contributed by atoms with Crippen LogP contribution >= 0.6 is 11.8 Å². The summed E-state index contributed by atoms with van der Waals surface area (Å²) in [7, 11) is 0. The van der Waals surface area contributed by atoms with E-state index in [1.165, 1.54) is 36.8 Å². The topological polar surface area (TPSA) is 38.9 Å². The molecule has 1 aliphatic carbocycles. The maximum Gasteiger partial charge on any atom is 0.104 e. The fourth-order valence-electron chi connectivity index (χ4n) is 2.53. The van der Waals surface area contributed by atoms with Gasteiger partial charge in [-0.05, 0) is 36.6 Å². The predicted octanol–water partition coefficient (Wildman–Crippen LogP) is 4.37. The van der Waals surface area contributed by atoms with Crippen LogP contribution in [-0.4, -0.2) is 10.2 Å². The highest BCUT2D eigenvalue weighted by Crippen LogP contribution is 2.38. The molecule has 3 rings (SSSR count). The average molecular weight is 270 g/mol. The van der Waals surface area contributed by atoms with Crippen LogP contribution in [0.4, 0.5) is 5.69 Å². The molecule has 1 aromatic heterocycles. The van der Waals surface area contributed by atoms with Gasteiger partial charge in [-0.3, -0.25) is 0 Å². The van der Waals surface area contributed by atoms with Gasteiger partial charge in [0.15, 0.2) is 0 Å². The van der Waals surface area contributed by atoms with Crippen LogP contribution in [0.3, 0.4) is 0 Å². The van der Waals surface area contributed by atoms with Gasteiger partial charge in [-0.1, -0.05) is 31.0 Å². The summed E-state index contributed by atoms with van der Waals surface area (Å²) in [6.07, 6.45) is 7.26. The molecule has 1 aliphatic rings. The molecular weight excluding hydrogens is 252 g/mol. The molecular formula is C16H18N2S. The van der Waals surface area contributed by atoms with Crippen LogP contribution in [0, 0.1) is 0 Å². The van der Waals surface area contributed by atoms with E-state index in [2.05, 4.69) is 23.2 Å². The maximum absolute atomic E-state index is 5.75. The van der Waals surface area contributed by atoms with Crippen molar-refractivity contribution in [1.82, 2.24) is 4.98 Å². The van der Waals surface area contributed by atoms with Crippen molar-refractivity contribution in [3.63, 3.8) is 0 Å². The number of thioether (sulfide) groups is 1. The van der Waals surface area contributed by atoms with Gasteiger partial charge in [0.2, 0.25) is 0 Å². The summed E-state index contributed by atoms with van der Waals surface area (Å²) in [6.45, 7) is 0. The summed E-state index contributed by atoms with van der Waals surface area (Å²) >= 11 is 1.93. The number of hydrogen-bond acceptors (Lipinski definition) is 3. The number of aromatic nitrogens is 1. The Morgan fingerprint density at radius 3 is 2.53 bits per heavy atom. The number of nitrogens with two attached hydrogens (primary N) is 1. The Labute approximate surface area is 118 Å². The molecule has 1 saturated carbocycles. The quantitative estimate of drug-likeness (QED) is 0.842. The van der Waals surface area contributed by atoms with E-state index >= 15 is 0 Å². The van der Waals surface area contributed by atoms with Gasteiger partial charge >= 0.3 is 0 Å². The van der Waals surface area contributed by atoms with Crippen LogP contribution in [0.1, 0.15) is 25.7 Å². The summed E-state index contributed by atoms with van der Waals surface area (Å²) in [5.74, 6) is 0. The van der Waals surface area contributed by atoms with E-state index in [-0.39, 0.29) is 0 Å². The first-order valence-electron chi connectivity index (χ1n) is 6.80. The molecule has 1 aromatic carbocycles. The Bertz CT molecular complexity index is 545. The zero-order chi connectivity index (χ0) is 13.1. The largest absolute Gasteiger partial charge is 0.399 e. The summed E-state index contributed by atoms with van der Waals surface area (Å²) in [5, 5.41) is 1.89. The van der Waals surface area contributed by atoms with Crippen LogP contribution < -0.4 is 5.73 Å². The molecule has 0 atom stereocenters. The van der Waals surface area contributed by atoms with Gasteiger partial charge in [-0.15, -0.1) is 11.8 Å². The minimum atomic E-state index is 0.738. The van der Waals surface area contributed by atoms with E-state index in [9.17, 15) is 0 Å². The summed E-state index contributed by atoms with van der Waals surface area (Å²) in [5.41, 5.74) is 8.98. The fourth-order valence-corrected chi connectivity index (χ4v) is 3.85. The molecule has 0 bridgehead atoms. The summed E-state index contributed by atoms with van der Waals surface area (Å²) in [6, 6.07) is 12.2. The van der Waals surface area contributed by atoms with Gasteiger partial charge in [0.05, 0.1) is 0 Å². The Balaban J connectivity index is 1.90. The zero-order valence-corrected chi connectivity index (χ0v) is 11.7. The second kappa shape index (κ2) is 5.66. The van der Waals surface area contributed by atoms with E-state index in [0.29, 0.717) is 0 Å². The molecule has 1 fully saturated rings. The van der Waals surface area contributed by atoms with E-state index in [0.717, 1.165) is 16.0 Å². The van der Waals surface area contributed by atoms with Gasteiger partial charge in [0.1, 0.15) is 5.03 Å². The van der Waals surface area contributed by atoms with Crippen LogP contribution in [0.5, 0.6) is 0 Å². The lowest BCUT2D eigenvalue weighted by atomic mass is 10.1. The van der Waals surface area contributed by atoms with E-state index < -0.39 is 0 Å². The molecule has 2 aromatic rings. The molecule has 0 spiro atoms. The number of anilines is 1. The molecule has 0 radical (unpaired) electrons. The Morgan fingerprint density at radius 1 is 1.05 bits per heavy atom. The molecule has 19 heavy (non-hydrogen) atoms. The van der Waals surface area contributed by atoms with Gasteiger partial charge in [0.25, 0.3) is 0 Å². The summed E-state index contributed by atoms with van der Waals surface area (Å²) in [4.78, 5) is 4.57. The molecule has 1 heterocycles. The van der Waals surface area contributed by atoms with Crippen molar-refractivity contribution in [3.8, 4) is 11.1 Å². The maximum atomic E-state index is 5.75. The van der Waals surface area contributed by atoms with Crippen LogP contribution in [0.15, 0.2) is 47.6 Å².